The summed E-state index contributed by atoms with van der Waals surface area (Å²) < 4.78 is 7.21. The second kappa shape index (κ2) is 5.63. The van der Waals surface area contributed by atoms with Crippen molar-refractivity contribution >= 4 is 11.8 Å². The van der Waals surface area contributed by atoms with E-state index in [-0.39, 0.29) is 6.04 Å². The highest BCUT2D eigenvalue weighted by Gasteiger charge is 2.13. The van der Waals surface area contributed by atoms with E-state index in [1.54, 1.807) is 4.68 Å². The van der Waals surface area contributed by atoms with Crippen LogP contribution in [0.15, 0.2) is 16.7 Å². The highest BCUT2D eigenvalue weighted by atomic mass is 16.4. The molecule has 1 atom stereocenters. The van der Waals surface area contributed by atoms with Gasteiger partial charge in [-0.3, -0.25) is 10.00 Å². The number of anilines is 2. The van der Waals surface area contributed by atoms with Crippen molar-refractivity contribution < 1.29 is 4.42 Å². The van der Waals surface area contributed by atoms with Crippen LogP contribution < -0.4 is 10.6 Å². The summed E-state index contributed by atoms with van der Waals surface area (Å²) in [6.45, 7) is 5.03. The number of aryl methyl sites for hydroxylation is 1. The van der Waals surface area contributed by atoms with E-state index in [1.165, 1.54) is 0 Å². The van der Waals surface area contributed by atoms with Crippen molar-refractivity contribution in [1.82, 2.24) is 25.3 Å². The fourth-order valence-electron chi connectivity index (χ4n) is 1.50. The largest absolute Gasteiger partial charge is 0.406 e. The maximum absolute atomic E-state index is 5.51. The van der Waals surface area contributed by atoms with Crippen LogP contribution in [0.1, 0.15) is 32.2 Å². The number of rotatable bonds is 6. The maximum atomic E-state index is 5.51. The summed E-state index contributed by atoms with van der Waals surface area (Å²) in [5, 5.41) is 18.3. The Kier molecular flexibility index (Phi) is 3.93. The summed E-state index contributed by atoms with van der Waals surface area (Å²) in [6.07, 6.45) is 2.91. The van der Waals surface area contributed by atoms with Crippen molar-refractivity contribution in [3.8, 4) is 0 Å². The zero-order valence-corrected chi connectivity index (χ0v) is 10.8. The first kappa shape index (κ1) is 12.6. The third-order valence-corrected chi connectivity index (χ3v) is 2.46. The molecule has 2 heterocycles. The van der Waals surface area contributed by atoms with Gasteiger partial charge in [0.2, 0.25) is 5.89 Å². The molecule has 0 saturated heterocycles. The molecule has 0 aliphatic rings. The number of nitrogens with one attached hydrogen (secondary N) is 2. The van der Waals surface area contributed by atoms with Crippen LogP contribution in [0, 0.1) is 0 Å². The van der Waals surface area contributed by atoms with Crippen molar-refractivity contribution in [3.05, 3.63) is 18.2 Å². The first-order valence-corrected chi connectivity index (χ1v) is 6.02. The Morgan fingerprint density at radius 3 is 2.94 bits per heavy atom. The van der Waals surface area contributed by atoms with Crippen molar-refractivity contribution in [3.63, 3.8) is 0 Å². The van der Waals surface area contributed by atoms with Gasteiger partial charge >= 0.3 is 6.01 Å². The van der Waals surface area contributed by atoms with E-state index in [0.717, 1.165) is 13.0 Å². The van der Waals surface area contributed by atoms with Gasteiger partial charge in [-0.15, -0.1) is 5.10 Å². The van der Waals surface area contributed by atoms with Crippen molar-refractivity contribution in [2.75, 3.05) is 11.9 Å². The van der Waals surface area contributed by atoms with Gasteiger partial charge in [-0.2, -0.15) is 5.10 Å². The molecule has 0 fully saturated rings. The molecular formula is C11H18N6O. The summed E-state index contributed by atoms with van der Waals surface area (Å²) in [5.41, 5.74) is 0. The Balaban J connectivity index is 1.97. The molecule has 0 aliphatic carbocycles. The lowest BCUT2D eigenvalue weighted by Gasteiger charge is -2.07. The number of hydrogen-bond donors (Lipinski definition) is 2. The van der Waals surface area contributed by atoms with Gasteiger partial charge in [0.25, 0.3) is 0 Å². The van der Waals surface area contributed by atoms with Gasteiger partial charge in [-0.25, -0.2) is 0 Å². The third-order valence-electron chi connectivity index (χ3n) is 2.46. The van der Waals surface area contributed by atoms with E-state index in [0.29, 0.717) is 17.7 Å². The minimum Gasteiger partial charge on any atom is -0.406 e. The van der Waals surface area contributed by atoms with E-state index in [2.05, 4.69) is 32.9 Å². The van der Waals surface area contributed by atoms with Gasteiger partial charge in [0.1, 0.15) is 0 Å². The minimum atomic E-state index is 0.0525. The van der Waals surface area contributed by atoms with Gasteiger partial charge in [0.15, 0.2) is 5.82 Å². The quantitative estimate of drug-likeness (QED) is 0.810. The topological polar surface area (TPSA) is 80.8 Å². The first-order valence-electron chi connectivity index (χ1n) is 6.02. The van der Waals surface area contributed by atoms with E-state index < -0.39 is 0 Å². The van der Waals surface area contributed by atoms with Crippen molar-refractivity contribution in [2.45, 2.75) is 26.3 Å². The van der Waals surface area contributed by atoms with Crippen molar-refractivity contribution in [1.29, 1.82) is 0 Å². The molecule has 0 bridgehead atoms. The second-order valence-corrected chi connectivity index (χ2v) is 4.12. The molecule has 0 aromatic carbocycles. The molecule has 0 amide bonds. The lowest BCUT2D eigenvalue weighted by molar-refractivity contribution is 0.424. The van der Waals surface area contributed by atoms with Gasteiger partial charge in [-0.05, 0) is 19.9 Å². The molecule has 0 saturated carbocycles. The van der Waals surface area contributed by atoms with Crippen LogP contribution in [0.25, 0.3) is 0 Å². The standard InChI is InChI=1S/C11H18N6O/c1-4-6-12-8(2)10-14-15-11(18-10)13-9-5-7-17(3)16-9/h5,7-8,12H,4,6H2,1-3H3,(H,13,15,16). The van der Waals surface area contributed by atoms with E-state index in [1.807, 2.05) is 26.2 Å². The third kappa shape index (κ3) is 3.07. The first-order chi connectivity index (χ1) is 8.69. The second-order valence-electron chi connectivity index (χ2n) is 4.12. The molecule has 7 nitrogen and oxygen atoms in total. The van der Waals surface area contributed by atoms with Gasteiger partial charge in [-0.1, -0.05) is 12.0 Å². The molecule has 2 aromatic heterocycles. The lowest BCUT2D eigenvalue weighted by atomic mass is 10.3. The average Bonchev–Trinajstić information content (AvgIpc) is 2.96. The SMILES string of the molecule is CCCNC(C)c1nnc(Nc2ccn(C)n2)o1. The van der Waals surface area contributed by atoms with Gasteiger partial charge in [0, 0.05) is 19.3 Å². The van der Waals surface area contributed by atoms with Crippen LogP contribution in [-0.4, -0.2) is 26.5 Å². The highest BCUT2D eigenvalue weighted by molar-refractivity contribution is 5.44. The molecule has 98 valence electrons. The fraction of sp³-hybridized carbons (Fsp3) is 0.545. The van der Waals surface area contributed by atoms with Crippen LogP contribution in [0.2, 0.25) is 0 Å². The molecular weight excluding hydrogens is 232 g/mol. The van der Waals surface area contributed by atoms with E-state index in [4.69, 9.17) is 4.42 Å². The molecule has 0 radical (unpaired) electrons. The summed E-state index contributed by atoms with van der Waals surface area (Å²) in [6, 6.07) is 2.24. The summed E-state index contributed by atoms with van der Waals surface area (Å²) in [4.78, 5) is 0. The predicted molar refractivity (Wildman–Crippen MR) is 67.5 cm³/mol. The fourth-order valence-corrected chi connectivity index (χ4v) is 1.50. The Morgan fingerprint density at radius 2 is 2.28 bits per heavy atom. The lowest BCUT2D eigenvalue weighted by Crippen LogP contribution is -2.19. The van der Waals surface area contributed by atoms with Gasteiger partial charge in [0.05, 0.1) is 6.04 Å². The predicted octanol–water partition coefficient (Wildman–Crippen LogP) is 1.61. The average molecular weight is 250 g/mol. The van der Waals surface area contributed by atoms with E-state index >= 15 is 0 Å². The monoisotopic (exact) mass is 250 g/mol. The Hall–Kier alpha value is -1.89. The number of hydrogen-bond acceptors (Lipinski definition) is 6. The van der Waals surface area contributed by atoms with Crippen LogP contribution in [0.3, 0.4) is 0 Å². The Bertz CT molecular complexity index is 491. The van der Waals surface area contributed by atoms with Crippen LogP contribution in [-0.2, 0) is 7.05 Å². The zero-order chi connectivity index (χ0) is 13.0. The molecule has 2 rings (SSSR count). The Labute approximate surface area is 106 Å². The summed E-state index contributed by atoms with van der Waals surface area (Å²) in [5.74, 6) is 1.25. The normalized spacial score (nSPS) is 12.6. The van der Waals surface area contributed by atoms with Crippen LogP contribution in [0.5, 0.6) is 0 Å². The summed E-state index contributed by atoms with van der Waals surface area (Å²) >= 11 is 0. The number of nitrogens with zero attached hydrogens (tertiary/aromatic N) is 4. The van der Waals surface area contributed by atoms with Crippen molar-refractivity contribution in [2.24, 2.45) is 7.05 Å². The van der Waals surface area contributed by atoms with Crippen LogP contribution >= 0.6 is 0 Å². The van der Waals surface area contributed by atoms with Crippen LogP contribution in [0.4, 0.5) is 11.8 Å². The minimum absolute atomic E-state index is 0.0525. The molecule has 0 aliphatic heterocycles. The molecule has 7 heteroatoms. The van der Waals surface area contributed by atoms with E-state index in [9.17, 15) is 0 Å². The molecule has 2 N–H and O–H groups in total. The highest BCUT2D eigenvalue weighted by Crippen LogP contribution is 2.16. The Morgan fingerprint density at radius 1 is 1.44 bits per heavy atom. The smallest absolute Gasteiger partial charge is 0.321 e. The molecule has 18 heavy (non-hydrogen) atoms. The number of aromatic nitrogens is 4. The summed E-state index contributed by atoms with van der Waals surface area (Å²) in [7, 11) is 1.85. The molecule has 1 unspecified atom stereocenters. The molecule has 2 aromatic rings. The maximum Gasteiger partial charge on any atom is 0.321 e. The van der Waals surface area contributed by atoms with Gasteiger partial charge < -0.3 is 9.73 Å². The zero-order valence-electron chi connectivity index (χ0n) is 10.8. The molecule has 0 spiro atoms.